The fourth-order valence-electron chi connectivity index (χ4n) is 4.07. The van der Waals surface area contributed by atoms with Gasteiger partial charge >= 0.3 is 0 Å². The van der Waals surface area contributed by atoms with Crippen LogP contribution in [0.1, 0.15) is 25.3 Å². The SMILES string of the molecule is Nc1nc(N2CC(F)(C3CC3)C2)c2ncn([C@H]3C=C[C@@H](CO)C3)c2n1. The highest BCUT2D eigenvalue weighted by Gasteiger charge is 2.54. The molecule has 5 rings (SSSR count). The third-order valence-electron chi connectivity index (χ3n) is 5.68. The summed E-state index contributed by atoms with van der Waals surface area (Å²) in [7, 11) is 0. The van der Waals surface area contributed by atoms with Gasteiger partial charge in [-0.3, -0.25) is 0 Å². The van der Waals surface area contributed by atoms with Crippen molar-refractivity contribution in [3.63, 3.8) is 0 Å². The first-order chi connectivity index (χ1) is 12.1. The third kappa shape index (κ3) is 2.31. The minimum Gasteiger partial charge on any atom is -0.396 e. The molecule has 1 saturated carbocycles. The Balaban J connectivity index is 1.48. The molecule has 7 nitrogen and oxygen atoms in total. The van der Waals surface area contributed by atoms with Crippen molar-refractivity contribution >= 4 is 22.9 Å². The fourth-order valence-corrected chi connectivity index (χ4v) is 4.07. The number of nitrogens with zero attached hydrogens (tertiary/aromatic N) is 5. The summed E-state index contributed by atoms with van der Waals surface area (Å²) in [5.74, 6) is 1.15. The normalized spacial score (nSPS) is 27.8. The van der Waals surface area contributed by atoms with Gasteiger partial charge in [0, 0.05) is 12.5 Å². The minimum absolute atomic E-state index is 0.0902. The van der Waals surface area contributed by atoms with Crippen molar-refractivity contribution in [1.82, 2.24) is 19.5 Å². The molecule has 1 aliphatic heterocycles. The number of aliphatic hydroxyl groups excluding tert-OH is 1. The number of fused-ring (bicyclic) bond motifs is 1. The average Bonchev–Trinajstić information content (AvgIpc) is 3.17. The van der Waals surface area contributed by atoms with Crippen LogP contribution in [0.2, 0.25) is 0 Å². The van der Waals surface area contributed by atoms with Gasteiger partial charge in [0.1, 0.15) is 5.67 Å². The van der Waals surface area contributed by atoms with Crippen LogP contribution in [0.15, 0.2) is 18.5 Å². The van der Waals surface area contributed by atoms with Crippen LogP contribution < -0.4 is 10.6 Å². The van der Waals surface area contributed by atoms with Crippen molar-refractivity contribution in [3.05, 3.63) is 18.5 Å². The minimum atomic E-state index is -1.09. The predicted molar refractivity (Wildman–Crippen MR) is 91.9 cm³/mol. The Morgan fingerprint density at radius 2 is 2.08 bits per heavy atom. The lowest BCUT2D eigenvalue weighted by atomic mass is 9.91. The van der Waals surface area contributed by atoms with Gasteiger partial charge in [-0.2, -0.15) is 9.97 Å². The molecule has 3 N–H and O–H groups in total. The van der Waals surface area contributed by atoms with Gasteiger partial charge in [-0.05, 0) is 25.2 Å². The highest BCUT2D eigenvalue weighted by atomic mass is 19.1. The van der Waals surface area contributed by atoms with Gasteiger partial charge in [-0.15, -0.1) is 0 Å². The molecule has 0 spiro atoms. The Bertz CT molecular complexity index is 854. The Morgan fingerprint density at radius 1 is 1.28 bits per heavy atom. The van der Waals surface area contributed by atoms with Crippen LogP contribution in [-0.2, 0) is 0 Å². The molecule has 2 fully saturated rings. The van der Waals surface area contributed by atoms with E-state index in [1.54, 1.807) is 6.33 Å². The third-order valence-corrected chi connectivity index (χ3v) is 5.68. The first-order valence-electron chi connectivity index (χ1n) is 8.80. The molecular formula is C17H21FN6O. The van der Waals surface area contributed by atoms with Crippen LogP contribution in [0.3, 0.4) is 0 Å². The van der Waals surface area contributed by atoms with E-state index in [0.717, 1.165) is 19.3 Å². The van der Waals surface area contributed by atoms with Crippen LogP contribution in [0, 0.1) is 11.8 Å². The second-order valence-corrected chi connectivity index (χ2v) is 7.53. The standard InChI is InChI=1S/C17H21FN6O/c18-17(11-2-3-11)7-23(8-17)14-13-15(22-16(19)21-14)24(9-20-13)12-4-1-10(5-12)6-25/h1,4,9-12,25H,2-3,5-8H2,(H2,19,21,22)/t10-,12+/m1/s1. The van der Waals surface area contributed by atoms with Gasteiger partial charge in [0.2, 0.25) is 5.95 Å². The molecular weight excluding hydrogens is 323 g/mol. The maximum atomic E-state index is 14.7. The highest BCUT2D eigenvalue weighted by molar-refractivity contribution is 5.85. The molecule has 2 atom stereocenters. The summed E-state index contributed by atoms with van der Waals surface area (Å²) in [5.41, 5.74) is 6.16. The zero-order valence-electron chi connectivity index (χ0n) is 13.8. The maximum Gasteiger partial charge on any atom is 0.224 e. The average molecular weight is 344 g/mol. The molecule has 0 bridgehead atoms. The highest BCUT2D eigenvalue weighted by Crippen LogP contribution is 2.48. The van der Waals surface area contributed by atoms with E-state index in [1.165, 1.54) is 0 Å². The van der Waals surface area contributed by atoms with E-state index in [2.05, 4.69) is 21.0 Å². The van der Waals surface area contributed by atoms with E-state index in [0.29, 0.717) is 30.1 Å². The molecule has 1 saturated heterocycles. The Hall–Kier alpha value is -2.22. The molecule has 8 heteroatoms. The van der Waals surface area contributed by atoms with E-state index in [-0.39, 0.29) is 30.4 Å². The molecule has 0 unspecified atom stereocenters. The molecule has 2 aromatic heterocycles. The predicted octanol–water partition coefficient (Wildman–Crippen LogP) is 1.46. The Morgan fingerprint density at radius 3 is 2.76 bits per heavy atom. The van der Waals surface area contributed by atoms with E-state index in [1.807, 2.05) is 15.5 Å². The zero-order valence-corrected chi connectivity index (χ0v) is 13.8. The van der Waals surface area contributed by atoms with E-state index >= 15 is 0 Å². The summed E-state index contributed by atoms with van der Waals surface area (Å²) < 4.78 is 16.7. The first-order valence-corrected chi connectivity index (χ1v) is 8.80. The number of nitrogen functional groups attached to an aromatic ring is 1. The molecule has 2 aromatic rings. The second-order valence-electron chi connectivity index (χ2n) is 7.53. The monoisotopic (exact) mass is 344 g/mol. The number of halogens is 1. The van der Waals surface area contributed by atoms with Crippen LogP contribution in [0.25, 0.3) is 11.2 Å². The van der Waals surface area contributed by atoms with Gasteiger partial charge in [-0.1, -0.05) is 12.2 Å². The van der Waals surface area contributed by atoms with Gasteiger partial charge in [0.05, 0.1) is 25.5 Å². The lowest BCUT2D eigenvalue weighted by Gasteiger charge is -2.45. The molecule has 3 aliphatic rings. The molecule has 2 aliphatic carbocycles. The molecule has 132 valence electrons. The number of hydrogen-bond acceptors (Lipinski definition) is 6. The van der Waals surface area contributed by atoms with Crippen molar-refractivity contribution < 1.29 is 9.50 Å². The first kappa shape index (κ1) is 15.1. The maximum absolute atomic E-state index is 14.7. The molecule has 3 heterocycles. The summed E-state index contributed by atoms with van der Waals surface area (Å²) in [6, 6.07) is 0.0902. The second kappa shape index (κ2) is 5.14. The van der Waals surface area contributed by atoms with Gasteiger partial charge < -0.3 is 20.3 Å². The number of imidazole rings is 1. The van der Waals surface area contributed by atoms with Crippen molar-refractivity contribution in [2.24, 2.45) is 11.8 Å². The van der Waals surface area contributed by atoms with Crippen molar-refractivity contribution in [1.29, 1.82) is 0 Å². The van der Waals surface area contributed by atoms with Gasteiger partial charge in [-0.25, -0.2) is 9.37 Å². The lowest BCUT2D eigenvalue weighted by molar-refractivity contribution is 0.0928. The molecule has 0 radical (unpaired) electrons. The number of allylic oxidation sites excluding steroid dienone is 1. The molecule has 25 heavy (non-hydrogen) atoms. The van der Waals surface area contributed by atoms with E-state index in [4.69, 9.17) is 5.73 Å². The van der Waals surface area contributed by atoms with Crippen molar-refractivity contribution in [2.45, 2.75) is 31.0 Å². The van der Waals surface area contributed by atoms with Crippen LogP contribution >= 0.6 is 0 Å². The van der Waals surface area contributed by atoms with Crippen molar-refractivity contribution in [3.8, 4) is 0 Å². The zero-order chi connectivity index (χ0) is 17.2. The number of aromatic nitrogens is 4. The number of anilines is 2. The number of rotatable bonds is 4. The summed E-state index contributed by atoms with van der Waals surface area (Å²) in [4.78, 5) is 15.1. The van der Waals surface area contributed by atoms with E-state index in [9.17, 15) is 9.50 Å². The molecule has 0 aromatic carbocycles. The summed E-state index contributed by atoms with van der Waals surface area (Å²) in [6.07, 6.45) is 8.59. The van der Waals surface area contributed by atoms with Crippen LogP contribution in [0.5, 0.6) is 0 Å². The lowest BCUT2D eigenvalue weighted by Crippen LogP contribution is -2.60. The summed E-state index contributed by atoms with van der Waals surface area (Å²) >= 11 is 0. The summed E-state index contributed by atoms with van der Waals surface area (Å²) in [6.45, 7) is 0.841. The van der Waals surface area contributed by atoms with Crippen LogP contribution in [0.4, 0.5) is 16.2 Å². The van der Waals surface area contributed by atoms with Crippen LogP contribution in [-0.4, -0.2) is 50.0 Å². The molecule has 0 amide bonds. The Labute approximate surface area is 144 Å². The Kier molecular flexibility index (Phi) is 3.10. The number of aliphatic hydroxyl groups is 1. The number of alkyl halides is 1. The largest absolute Gasteiger partial charge is 0.396 e. The van der Waals surface area contributed by atoms with Gasteiger partial charge in [0.25, 0.3) is 0 Å². The quantitative estimate of drug-likeness (QED) is 0.816. The van der Waals surface area contributed by atoms with Crippen molar-refractivity contribution in [2.75, 3.05) is 30.3 Å². The van der Waals surface area contributed by atoms with Gasteiger partial charge in [0.15, 0.2) is 17.0 Å². The topological polar surface area (TPSA) is 93.1 Å². The van der Waals surface area contributed by atoms with E-state index < -0.39 is 5.67 Å². The number of hydrogen-bond donors (Lipinski definition) is 2. The summed E-state index contributed by atoms with van der Waals surface area (Å²) in [5, 5.41) is 9.33. The smallest absolute Gasteiger partial charge is 0.224 e. The number of nitrogens with two attached hydrogens (primary N) is 1. The fraction of sp³-hybridized carbons (Fsp3) is 0.588.